The minimum absolute atomic E-state index is 0.0449. The SMILES string of the molecule is NC(Cc1cccc(S(=O)(=O)N2CC(Oc3ccccc3-c3ccccc3Cl)C2)c1)C(=O)O. The minimum atomic E-state index is -3.73. The van der Waals surface area contributed by atoms with Gasteiger partial charge < -0.3 is 15.6 Å². The molecule has 1 aliphatic rings. The summed E-state index contributed by atoms with van der Waals surface area (Å²) in [6.45, 7) is 0.413. The van der Waals surface area contributed by atoms with E-state index in [1.165, 1.54) is 16.4 Å². The Morgan fingerprint density at radius 1 is 1.06 bits per heavy atom. The van der Waals surface area contributed by atoms with Crippen LogP contribution < -0.4 is 10.5 Å². The van der Waals surface area contributed by atoms with Crippen LogP contribution in [0.5, 0.6) is 5.75 Å². The summed E-state index contributed by atoms with van der Waals surface area (Å²) in [5, 5.41) is 9.60. The Labute approximate surface area is 197 Å². The van der Waals surface area contributed by atoms with E-state index in [0.29, 0.717) is 16.3 Å². The lowest BCUT2D eigenvalue weighted by Crippen LogP contribution is -2.56. The summed E-state index contributed by atoms with van der Waals surface area (Å²) in [5.41, 5.74) is 7.81. The Kier molecular flexibility index (Phi) is 6.71. The molecule has 0 spiro atoms. The molecule has 1 atom stereocenters. The van der Waals surface area contributed by atoms with Crippen molar-refractivity contribution in [2.75, 3.05) is 13.1 Å². The molecule has 0 saturated carbocycles. The van der Waals surface area contributed by atoms with Crippen LogP contribution in [0.1, 0.15) is 5.56 Å². The van der Waals surface area contributed by atoms with Crippen molar-refractivity contribution in [2.24, 2.45) is 5.73 Å². The van der Waals surface area contributed by atoms with E-state index in [9.17, 15) is 13.2 Å². The van der Waals surface area contributed by atoms with Crippen LogP contribution in [-0.2, 0) is 21.2 Å². The van der Waals surface area contributed by atoms with Gasteiger partial charge in [-0.15, -0.1) is 0 Å². The number of carboxylic acid groups (broad SMARTS) is 1. The van der Waals surface area contributed by atoms with Crippen LogP contribution in [-0.4, -0.2) is 49.0 Å². The Morgan fingerprint density at radius 2 is 1.73 bits per heavy atom. The maximum absolute atomic E-state index is 13.0. The van der Waals surface area contributed by atoms with Crippen LogP contribution in [0.25, 0.3) is 11.1 Å². The fraction of sp³-hybridized carbons (Fsp3) is 0.208. The standard InChI is InChI=1S/C24H23ClN2O5S/c25-21-10-3-1-8-19(21)20-9-2-4-11-23(20)32-17-14-27(15-17)33(30,31)18-7-5-6-16(12-18)13-22(26)24(28)29/h1-12,17,22H,13-15,26H2,(H,28,29). The number of benzene rings is 3. The number of sulfonamides is 1. The van der Waals surface area contributed by atoms with Gasteiger partial charge in [-0.2, -0.15) is 4.31 Å². The summed E-state index contributed by atoms with van der Waals surface area (Å²) in [7, 11) is -3.73. The first kappa shape index (κ1) is 23.3. The van der Waals surface area contributed by atoms with Gasteiger partial charge in [0, 0.05) is 16.1 Å². The number of rotatable bonds is 8. The molecule has 7 nitrogen and oxygen atoms in total. The molecule has 1 aliphatic heterocycles. The van der Waals surface area contributed by atoms with Gasteiger partial charge in [-0.1, -0.05) is 60.1 Å². The Bertz CT molecular complexity index is 1280. The van der Waals surface area contributed by atoms with E-state index in [4.69, 9.17) is 27.2 Å². The number of hydrogen-bond acceptors (Lipinski definition) is 5. The Balaban J connectivity index is 1.45. The van der Waals surface area contributed by atoms with Crippen molar-refractivity contribution in [3.63, 3.8) is 0 Å². The number of nitrogens with zero attached hydrogens (tertiary/aromatic N) is 1. The zero-order chi connectivity index (χ0) is 23.6. The molecule has 0 aromatic heterocycles. The number of aliphatic carboxylic acids is 1. The molecule has 0 radical (unpaired) electrons. The molecule has 1 fully saturated rings. The van der Waals surface area contributed by atoms with Crippen LogP contribution in [0.2, 0.25) is 5.02 Å². The molecule has 3 aromatic rings. The van der Waals surface area contributed by atoms with Crippen molar-refractivity contribution >= 4 is 27.6 Å². The van der Waals surface area contributed by atoms with Crippen LogP contribution in [0.15, 0.2) is 77.7 Å². The quantitative estimate of drug-likeness (QED) is 0.505. The average Bonchev–Trinajstić information content (AvgIpc) is 2.76. The molecular formula is C24H23ClN2O5S. The molecular weight excluding hydrogens is 464 g/mol. The number of nitrogens with two attached hydrogens (primary N) is 1. The van der Waals surface area contributed by atoms with E-state index in [1.54, 1.807) is 12.1 Å². The first-order chi connectivity index (χ1) is 15.8. The van der Waals surface area contributed by atoms with Gasteiger partial charge in [-0.05, 0) is 36.2 Å². The van der Waals surface area contributed by atoms with Crippen LogP contribution >= 0.6 is 11.6 Å². The van der Waals surface area contributed by atoms with Crippen molar-refractivity contribution in [1.29, 1.82) is 0 Å². The van der Waals surface area contributed by atoms with Crippen molar-refractivity contribution in [2.45, 2.75) is 23.5 Å². The van der Waals surface area contributed by atoms with Gasteiger partial charge in [-0.3, -0.25) is 4.79 Å². The number of carboxylic acids is 1. The van der Waals surface area contributed by atoms with Gasteiger partial charge in [0.15, 0.2) is 0 Å². The van der Waals surface area contributed by atoms with Crippen molar-refractivity contribution < 1.29 is 23.1 Å². The predicted octanol–water partition coefficient (Wildman–Crippen LogP) is 3.41. The number of halogens is 1. The highest BCUT2D eigenvalue weighted by molar-refractivity contribution is 7.89. The lowest BCUT2D eigenvalue weighted by molar-refractivity contribution is -0.138. The first-order valence-corrected chi connectivity index (χ1v) is 12.2. The molecule has 0 amide bonds. The van der Waals surface area contributed by atoms with Crippen LogP contribution in [0, 0.1) is 0 Å². The zero-order valence-corrected chi connectivity index (χ0v) is 19.2. The molecule has 1 saturated heterocycles. The highest BCUT2D eigenvalue weighted by Crippen LogP contribution is 2.36. The van der Waals surface area contributed by atoms with Crippen LogP contribution in [0.4, 0.5) is 0 Å². The van der Waals surface area contributed by atoms with Gasteiger partial charge in [-0.25, -0.2) is 8.42 Å². The minimum Gasteiger partial charge on any atom is -0.487 e. The second-order valence-electron chi connectivity index (χ2n) is 7.83. The molecule has 9 heteroatoms. The van der Waals surface area contributed by atoms with Crippen molar-refractivity contribution in [1.82, 2.24) is 4.31 Å². The number of para-hydroxylation sites is 1. The van der Waals surface area contributed by atoms with Crippen molar-refractivity contribution in [3.8, 4) is 16.9 Å². The van der Waals surface area contributed by atoms with E-state index in [-0.39, 0.29) is 30.5 Å². The molecule has 1 unspecified atom stereocenters. The third-order valence-electron chi connectivity index (χ3n) is 5.47. The molecule has 1 heterocycles. The molecule has 3 aromatic carbocycles. The molecule has 3 N–H and O–H groups in total. The van der Waals surface area contributed by atoms with E-state index >= 15 is 0 Å². The summed E-state index contributed by atoms with van der Waals surface area (Å²) in [6, 6.07) is 20.1. The topological polar surface area (TPSA) is 110 Å². The number of hydrogen-bond donors (Lipinski definition) is 2. The van der Waals surface area contributed by atoms with Crippen molar-refractivity contribution in [3.05, 3.63) is 83.4 Å². The van der Waals surface area contributed by atoms with Gasteiger partial charge in [0.05, 0.1) is 18.0 Å². The van der Waals surface area contributed by atoms with Gasteiger partial charge in [0.1, 0.15) is 17.9 Å². The van der Waals surface area contributed by atoms with E-state index < -0.39 is 22.0 Å². The molecule has 33 heavy (non-hydrogen) atoms. The van der Waals surface area contributed by atoms with Crippen LogP contribution in [0.3, 0.4) is 0 Å². The maximum atomic E-state index is 13.0. The smallest absolute Gasteiger partial charge is 0.320 e. The van der Waals surface area contributed by atoms with E-state index in [0.717, 1.165) is 11.1 Å². The summed E-state index contributed by atoms with van der Waals surface area (Å²) in [6.07, 6.45) is -0.254. The second kappa shape index (κ2) is 9.52. The fourth-order valence-corrected chi connectivity index (χ4v) is 5.46. The summed E-state index contributed by atoms with van der Waals surface area (Å²) in [5.74, 6) is -0.500. The third kappa shape index (κ3) is 5.04. The highest BCUT2D eigenvalue weighted by atomic mass is 35.5. The summed E-state index contributed by atoms with van der Waals surface area (Å²) >= 11 is 6.34. The predicted molar refractivity (Wildman–Crippen MR) is 126 cm³/mol. The first-order valence-electron chi connectivity index (χ1n) is 10.3. The van der Waals surface area contributed by atoms with E-state index in [2.05, 4.69) is 0 Å². The largest absolute Gasteiger partial charge is 0.487 e. The third-order valence-corrected chi connectivity index (χ3v) is 7.63. The molecule has 0 aliphatic carbocycles. The maximum Gasteiger partial charge on any atom is 0.320 e. The van der Waals surface area contributed by atoms with E-state index in [1.807, 2.05) is 48.5 Å². The van der Waals surface area contributed by atoms with Gasteiger partial charge >= 0.3 is 5.97 Å². The lowest BCUT2D eigenvalue weighted by atomic mass is 10.0. The summed E-state index contributed by atoms with van der Waals surface area (Å²) < 4.78 is 33.5. The monoisotopic (exact) mass is 486 g/mol. The summed E-state index contributed by atoms with van der Waals surface area (Å²) in [4.78, 5) is 11.1. The Hall–Kier alpha value is -2.91. The molecule has 0 bridgehead atoms. The zero-order valence-electron chi connectivity index (χ0n) is 17.6. The van der Waals surface area contributed by atoms with Gasteiger partial charge in [0.2, 0.25) is 10.0 Å². The number of carbonyl (C=O) groups is 1. The number of ether oxygens (including phenoxy) is 1. The normalized spacial score (nSPS) is 15.6. The second-order valence-corrected chi connectivity index (χ2v) is 10.2. The highest BCUT2D eigenvalue weighted by Gasteiger charge is 2.38. The lowest BCUT2D eigenvalue weighted by Gasteiger charge is -2.38. The molecule has 172 valence electrons. The molecule has 4 rings (SSSR count). The fourth-order valence-electron chi connectivity index (χ4n) is 3.65. The van der Waals surface area contributed by atoms with Gasteiger partial charge in [0.25, 0.3) is 0 Å². The Morgan fingerprint density at radius 3 is 2.42 bits per heavy atom. The average molecular weight is 487 g/mol.